The van der Waals surface area contributed by atoms with E-state index < -0.39 is 0 Å². The Morgan fingerprint density at radius 1 is 1.14 bits per heavy atom. The van der Waals surface area contributed by atoms with Crippen molar-refractivity contribution in [1.29, 1.82) is 5.26 Å². The Kier molecular flexibility index (Phi) is 6.88. The number of hydrogen-bond acceptors (Lipinski definition) is 5. The van der Waals surface area contributed by atoms with Gasteiger partial charge in [0.05, 0.1) is 24.3 Å². The van der Waals surface area contributed by atoms with Crippen molar-refractivity contribution in [2.24, 2.45) is 0 Å². The maximum absolute atomic E-state index is 12.6. The molecule has 1 atom stereocenters. The van der Waals surface area contributed by atoms with Gasteiger partial charge in [0.1, 0.15) is 0 Å². The number of carbonyl (C=O) groups excluding carboxylic acids is 1. The number of nitrogens with one attached hydrogen (secondary N) is 1. The minimum absolute atomic E-state index is 0.153. The first-order valence-corrected chi connectivity index (χ1v) is 10.2. The van der Waals surface area contributed by atoms with Crippen LogP contribution in [0.25, 0.3) is 0 Å². The minimum Gasteiger partial charge on any atom is -0.490 e. The summed E-state index contributed by atoms with van der Waals surface area (Å²) in [7, 11) is 0. The Labute approximate surface area is 174 Å². The highest BCUT2D eigenvalue weighted by molar-refractivity contribution is 7.10. The summed E-state index contributed by atoms with van der Waals surface area (Å²) in [6.45, 7) is 4.16. The lowest BCUT2D eigenvalue weighted by molar-refractivity contribution is -0.123. The Bertz CT molecular complexity index is 992. The molecule has 1 unspecified atom stereocenters. The van der Waals surface area contributed by atoms with Crippen molar-refractivity contribution in [2.45, 2.75) is 19.9 Å². The lowest BCUT2D eigenvalue weighted by atomic mass is 10.0. The third-order valence-corrected chi connectivity index (χ3v) is 5.21. The highest BCUT2D eigenvalue weighted by atomic mass is 32.1. The van der Waals surface area contributed by atoms with Crippen molar-refractivity contribution in [3.63, 3.8) is 0 Å². The quantitative estimate of drug-likeness (QED) is 0.593. The van der Waals surface area contributed by atoms with Gasteiger partial charge in [0, 0.05) is 10.9 Å². The van der Waals surface area contributed by atoms with Crippen molar-refractivity contribution in [3.8, 4) is 17.6 Å². The van der Waals surface area contributed by atoms with Crippen LogP contribution in [0.3, 0.4) is 0 Å². The molecule has 3 rings (SSSR count). The van der Waals surface area contributed by atoms with Gasteiger partial charge >= 0.3 is 0 Å². The normalized spacial score (nSPS) is 11.3. The van der Waals surface area contributed by atoms with Crippen LogP contribution in [-0.2, 0) is 4.79 Å². The zero-order valence-corrected chi connectivity index (χ0v) is 17.2. The van der Waals surface area contributed by atoms with Gasteiger partial charge in [-0.15, -0.1) is 11.3 Å². The Morgan fingerprint density at radius 3 is 2.59 bits per heavy atom. The molecule has 29 heavy (non-hydrogen) atoms. The topological polar surface area (TPSA) is 71.3 Å². The van der Waals surface area contributed by atoms with Gasteiger partial charge in [-0.1, -0.05) is 35.9 Å². The SMILES string of the molecule is CCOc1cc(C#N)ccc1OCC(=O)NC(c1ccc(C)cc1)c1cccs1. The van der Waals surface area contributed by atoms with Crippen LogP contribution in [0, 0.1) is 18.3 Å². The summed E-state index contributed by atoms with van der Waals surface area (Å²) < 4.78 is 11.2. The molecule has 1 heterocycles. The van der Waals surface area contributed by atoms with E-state index in [1.807, 2.05) is 55.6 Å². The van der Waals surface area contributed by atoms with Crippen LogP contribution in [0.1, 0.15) is 34.5 Å². The van der Waals surface area contributed by atoms with E-state index in [4.69, 9.17) is 14.7 Å². The van der Waals surface area contributed by atoms with Crippen LogP contribution in [0.2, 0.25) is 0 Å². The molecular weight excluding hydrogens is 384 g/mol. The fourth-order valence-corrected chi connectivity index (χ4v) is 3.65. The predicted molar refractivity (Wildman–Crippen MR) is 113 cm³/mol. The minimum atomic E-state index is -0.240. The first-order chi connectivity index (χ1) is 14.1. The number of nitriles is 1. The molecule has 0 radical (unpaired) electrons. The molecule has 0 spiro atoms. The Balaban J connectivity index is 1.71. The zero-order valence-electron chi connectivity index (χ0n) is 16.3. The average molecular weight is 407 g/mol. The largest absolute Gasteiger partial charge is 0.490 e. The predicted octanol–water partition coefficient (Wildman–Crippen LogP) is 4.61. The summed E-state index contributed by atoms with van der Waals surface area (Å²) in [6.07, 6.45) is 0. The molecule has 1 N–H and O–H groups in total. The molecule has 0 saturated heterocycles. The first-order valence-electron chi connectivity index (χ1n) is 9.29. The third-order valence-electron chi connectivity index (χ3n) is 4.28. The molecule has 1 aromatic heterocycles. The number of aryl methyl sites for hydroxylation is 1. The van der Waals surface area contributed by atoms with Gasteiger partial charge in [0.25, 0.3) is 5.91 Å². The van der Waals surface area contributed by atoms with E-state index in [1.165, 1.54) is 0 Å². The van der Waals surface area contributed by atoms with Gasteiger partial charge < -0.3 is 14.8 Å². The number of hydrogen-bond donors (Lipinski definition) is 1. The van der Waals surface area contributed by atoms with Crippen LogP contribution in [0.5, 0.6) is 11.5 Å². The summed E-state index contributed by atoms with van der Waals surface area (Å²) in [5.74, 6) is 0.646. The molecule has 3 aromatic rings. The van der Waals surface area contributed by atoms with Gasteiger partial charge in [0.2, 0.25) is 0 Å². The summed E-state index contributed by atoms with van der Waals surface area (Å²) in [5.41, 5.74) is 2.65. The second-order valence-electron chi connectivity index (χ2n) is 6.42. The van der Waals surface area contributed by atoms with Crippen molar-refractivity contribution >= 4 is 17.2 Å². The smallest absolute Gasteiger partial charge is 0.258 e. The maximum atomic E-state index is 12.6. The van der Waals surface area contributed by atoms with E-state index >= 15 is 0 Å². The molecule has 0 aliphatic carbocycles. The van der Waals surface area contributed by atoms with Crippen LogP contribution >= 0.6 is 11.3 Å². The molecule has 1 amide bonds. The summed E-state index contributed by atoms with van der Waals surface area (Å²) >= 11 is 1.59. The van der Waals surface area contributed by atoms with Crippen molar-refractivity contribution in [1.82, 2.24) is 5.32 Å². The Hall–Kier alpha value is -3.30. The van der Waals surface area contributed by atoms with Crippen molar-refractivity contribution < 1.29 is 14.3 Å². The molecule has 0 saturated carbocycles. The molecule has 5 nitrogen and oxygen atoms in total. The number of amides is 1. The second kappa shape index (κ2) is 9.76. The van der Waals surface area contributed by atoms with Crippen molar-refractivity contribution in [3.05, 3.63) is 81.5 Å². The van der Waals surface area contributed by atoms with E-state index in [2.05, 4.69) is 11.4 Å². The number of rotatable bonds is 8. The van der Waals surface area contributed by atoms with Gasteiger partial charge in [-0.2, -0.15) is 5.26 Å². The van der Waals surface area contributed by atoms with E-state index in [9.17, 15) is 4.79 Å². The molecule has 0 bridgehead atoms. The number of carbonyl (C=O) groups is 1. The van der Waals surface area contributed by atoms with E-state index in [1.54, 1.807) is 29.5 Å². The molecule has 2 aromatic carbocycles. The number of nitrogens with zero attached hydrogens (tertiary/aromatic N) is 1. The van der Waals surface area contributed by atoms with E-state index in [0.29, 0.717) is 23.7 Å². The summed E-state index contributed by atoms with van der Waals surface area (Å²) in [6, 6.07) is 18.8. The summed E-state index contributed by atoms with van der Waals surface area (Å²) in [5, 5.41) is 14.1. The Morgan fingerprint density at radius 2 is 1.93 bits per heavy atom. The molecule has 6 heteroatoms. The van der Waals surface area contributed by atoms with Gasteiger partial charge in [-0.25, -0.2) is 0 Å². The van der Waals surface area contributed by atoms with Gasteiger partial charge in [0.15, 0.2) is 18.1 Å². The monoisotopic (exact) mass is 406 g/mol. The van der Waals surface area contributed by atoms with Crippen LogP contribution in [-0.4, -0.2) is 19.1 Å². The van der Waals surface area contributed by atoms with Crippen LogP contribution < -0.4 is 14.8 Å². The molecule has 148 valence electrons. The van der Waals surface area contributed by atoms with Gasteiger partial charge in [-0.05, 0) is 43.0 Å². The summed E-state index contributed by atoms with van der Waals surface area (Å²) in [4.78, 5) is 13.7. The van der Waals surface area contributed by atoms with E-state index in [0.717, 1.165) is 16.0 Å². The highest BCUT2D eigenvalue weighted by Crippen LogP contribution is 2.29. The molecular formula is C23H22N2O3S. The number of ether oxygens (including phenoxy) is 2. The first kappa shape index (κ1) is 20.4. The molecule has 0 fully saturated rings. The number of benzene rings is 2. The standard InChI is InChI=1S/C23H22N2O3S/c1-3-27-20-13-17(14-24)8-11-19(20)28-15-22(26)25-23(21-5-4-12-29-21)18-9-6-16(2)7-10-18/h4-13,23H,3,15H2,1-2H3,(H,25,26). The molecule has 0 aliphatic rings. The van der Waals surface area contributed by atoms with Crippen molar-refractivity contribution in [2.75, 3.05) is 13.2 Å². The van der Waals surface area contributed by atoms with Gasteiger partial charge in [-0.3, -0.25) is 4.79 Å². The zero-order chi connectivity index (χ0) is 20.6. The molecule has 0 aliphatic heterocycles. The second-order valence-corrected chi connectivity index (χ2v) is 7.40. The van der Waals surface area contributed by atoms with Crippen LogP contribution in [0.15, 0.2) is 60.0 Å². The van der Waals surface area contributed by atoms with Crippen LogP contribution in [0.4, 0.5) is 0 Å². The fourth-order valence-electron chi connectivity index (χ4n) is 2.84. The number of thiophene rings is 1. The van der Waals surface area contributed by atoms with E-state index in [-0.39, 0.29) is 18.6 Å². The average Bonchev–Trinajstić information content (AvgIpc) is 3.26. The lowest BCUT2D eigenvalue weighted by Crippen LogP contribution is -2.33. The third kappa shape index (κ3) is 5.37. The lowest BCUT2D eigenvalue weighted by Gasteiger charge is -2.19. The maximum Gasteiger partial charge on any atom is 0.258 e. The highest BCUT2D eigenvalue weighted by Gasteiger charge is 2.18. The fraction of sp³-hybridized carbons (Fsp3) is 0.217.